The average Bonchev–Trinajstić information content (AvgIpc) is 3.21. The number of carbonyl (C=O) groups excluding carboxylic acids is 1. The number of likely N-dealkylation sites (tertiary alicyclic amines) is 1. The number of rotatable bonds is 2. The Hall–Kier alpha value is -3.48. The van der Waals surface area contributed by atoms with Crippen LogP contribution in [-0.4, -0.2) is 49.7 Å². The van der Waals surface area contributed by atoms with Crippen LogP contribution >= 0.6 is 0 Å². The predicted octanol–water partition coefficient (Wildman–Crippen LogP) is 3.33. The van der Waals surface area contributed by atoms with Crippen molar-refractivity contribution in [1.82, 2.24) is 24.7 Å². The number of carbonyl (C=O) groups is 1. The summed E-state index contributed by atoms with van der Waals surface area (Å²) >= 11 is 0. The van der Waals surface area contributed by atoms with Crippen LogP contribution in [0.3, 0.4) is 0 Å². The third-order valence-electron chi connectivity index (χ3n) is 4.92. The molecule has 0 aliphatic carbocycles. The summed E-state index contributed by atoms with van der Waals surface area (Å²) in [6.45, 7) is 7.98. The standard InChI is InChI=1S/C19H15F3N6O/c1-23-14-5-7-27(8-6-14)18(29)16-10-15(17-25-24-11-28(17)26-16)12-3-2-4-13(9-12)19(20,21)22/h2-4,9-11,14H,5-8H2. The van der Waals surface area contributed by atoms with Crippen molar-refractivity contribution in [2.45, 2.75) is 25.1 Å². The summed E-state index contributed by atoms with van der Waals surface area (Å²) in [4.78, 5) is 18.0. The lowest BCUT2D eigenvalue weighted by molar-refractivity contribution is -0.137. The summed E-state index contributed by atoms with van der Waals surface area (Å²) in [5, 5.41) is 11.9. The lowest BCUT2D eigenvalue weighted by Gasteiger charge is -2.27. The van der Waals surface area contributed by atoms with E-state index < -0.39 is 11.7 Å². The summed E-state index contributed by atoms with van der Waals surface area (Å²) in [6.07, 6.45) is -2.01. The molecule has 3 aromatic rings. The number of halogens is 3. The zero-order valence-corrected chi connectivity index (χ0v) is 15.1. The summed E-state index contributed by atoms with van der Waals surface area (Å²) in [6, 6.07) is 6.19. The molecule has 1 aliphatic rings. The Labute approximate surface area is 163 Å². The Morgan fingerprint density at radius 2 is 1.97 bits per heavy atom. The van der Waals surface area contributed by atoms with Gasteiger partial charge in [-0.25, -0.2) is 6.57 Å². The molecule has 0 radical (unpaired) electrons. The maximum absolute atomic E-state index is 13.1. The van der Waals surface area contributed by atoms with E-state index in [2.05, 4.69) is 20.1 Å². The quantitative estimate of drug-likeness (QED) is 0.619. The van der Waals surface area contributed by atoms with Crippen LogP contribution in [0.15, 0.2) is 36.7 Å². The summed E-state index contributed by atoms with van der Waals surface area (Å²) in [5.41, 5.74) is 0.154. The highest BCUT2D eigenvalue weighted by Crippen LogP contribution is 2.33. The minimum Gasteiger partial charge on any atom is -0.337 e. The second kappa shape index (κ2) is 7.16. The molecule has 10 heteroatoms. The van der Waals surface area contributed by atoms with Gasteiger partial charge in [0.25, 0.3) is 5.91 Å². The molecule has 2 aromatic heterocycles. The number of nitrogens with zero attached hydrogens (tertiary/aromatic N) is 6. The van der Waals surface area contributed by atoms with Gasteiger partial charge in [0, 0.05) is 31.5 Å². The van der Waals surface area contributed by atoms with E-state index in [1.807, 2.05) is 0 Å². The van der Waals surface area contributed by atoms with Gasteiger partial charge in [0.1, 0.15) is 12.0 Å². The smallest absolute Gasteiger partial charge is 0.337 e. The highest BCUT2D eigenvalue weighted by atomic mass is 19.4. The molecule has 3 heterocycles. The molecule has 0 bridgehead atoms. The number of fused-ring (bicyclic) bond motifs is 1. The van der Waals surface area contributed by atoms with Crippen molar-refractivity contribution in [2.24, 2.45) is 0 Å². The molecule has 148 valence electrons. The molecule has 0 spiro atoms. The third kappa shape index (κ3) is 3.63. The van der Waals surface area contributed by atoms with E-state index in [0.29, 0.717) is 31.5 Å². The number of hydrogen-bond acceptors (Lipinski definition) is 4. The van der Waals surface area contributed by atoms with Crippen LogP contribution in [0.2, 0.25) is 0 Å². The third-order valence-corrected chi connectivity index (χ3v) is 4.92. The highest BCUT2D eigenvalue weighted by Gasteiger charge is 2.31. The first-order chi connectivity index (χ1) is 13.9. The Morgan fingerprint density at radius 3 is 2.66 bits per heavy atom. The van der Waals surface area contributed by atoms with Crippen molar-refractivity contribution in [3.05, 3.63) is 59.3 Å². The summed E-state index contributed by atoms with van der Waals surface area (Å²) in [7, 11) is 0. The van der Waals surface area contributed by atoms with Crippen LogP contribution in [0.1, 0.15) is 28.9 Å². The van der Waals surface area contributed by atoms with E-state index in [1.54, 1.807) is 4.90 Å². The van der Waals surface area contributed by atoms with Crippen molar-refractivity contribution in [3.8, 4) is 11.1 Å². The van der Waals surface area contributed by atoms with Crippen molar-refractivity contribution in [3.63, 3.8) is 0 Å². The summed E-state index contributed by atoms with van der Waals surface area (Å²) in [5.74, 6) is -0.336. The molecule has 4 rings (SSSR count). The molecule has 29 heavy (non-hydrogen) atoms. The van der Waals surface area contributed by atoms with Gasteiger partial charge in [0.15, 0.2) is 5.65 Å². The van der Waals surface area contributed by atoms with Crippen LogP contribution in [0, 0.1) is 6.57 Å². The normalized spacial score (nSPS) is 15.4. The highest BCUT2D eigenvalue weighted by molar-refractivity contribution is 5.94. The van der Waals surface area contributed by atoms with Crippen molar-refractivity contribution in [2.75, 3.05) is 13.1 Å². The van der Waals surface area contributed by atoms with Gasteiger partial charge in [-0.05, 0) is 23.8 Å². The lowest BCUT2D eigenvalue weighted by atomic mass is 10.0. The maximum Gasteiger partial charge on any atom is 0.416 e. The second-order valence-electron chi connectivity index (χ2n) is 6.77. The van der Waals surface area contributed by atoms with Crippen LogP contribution in [-0.2, 0) is 6.18 Å². The van der Waals surface area contributed by atoms with Crippen molar-refractivity contribution >= 4 is 11.6 Å². The maximum atomic E-state index is 13.1. The van der Waals surface area contributed by atoms with Crippen LogP contribution in [0.25, 0.3) is 21.6 Å². The fourth-order valence-electron chi connectivity index (χ4n) is 3.37. The number of aromatic nitrogens is 4. The van der Waals surface area contributed by atoms with Gasteiger partial charge in [-0.2, -0.15) is 22.8 Å². The lowest BCUT2D eigenvalue weighted by Crippen LogP contribution is -2.39. The Bertz CT molecular complexity index is 1110. The molecule has 0 unspecified atom stereocenters. The SMILES string of the molecule is [C-]#[N+]C1CCN(C(=O)c2cc(-c3cccc(C(F)(F)F)c3)c3nncn3n2)CC1. The molecule has 1 amide bonds. The number of piperidine rings is 1. The number of hydrogen-bond donors (Lipinski definition) is 0. The van der Waals surface area contributed by atoms with E-state index in [9.17, 15) is 18.0 Å². The topological polar surface area (TPSA) is 67.8 Å². The van der Waals surface area contributed by atoms with E-state index in [1.165, 1.54) is 29.0 Å². The van der Waals surface area contributed by atoms with Gasteiger partial charge in [-0.1, -0.05) is 12.1 Å². The first kappa shape index (κ1) is 18.9. The zero-order valence-electron chi connectivity index (χ0n) is 15.1. The van der Waals surface area contributed by atoms with Gasteiger partial charge in [0.2, 0.25) is 6.04 Å². The number of benzene rings is 1. The predicted molar refractivity (Wildman–Crippen MR) is 96.7 cm³/mol. The molecular formula is C19H15F3N6O. The van der Waals surface area contributed by atoms with E-state index in [-0.39, 0.29) is 28.9 Å². The molecule has 1 aliphatic heterocycles. The first-order valence-electron chi connectivity index (χ1n) is 8.91. The van der Waals surface area contributed by atoms with Gasteiger partial charge in [-0.15, -0.1) is 10.2 Å². The molecule has 1 fully saturated rings. The zero-order chi connectivity index (χ0) is 20.6. The average molecular weight is 400 g/mol. The summed E-state index contributed by atoms with van der Waals surface area (Å²) < 4.78 is 40.7. The monoisotopic (exact) mass is 400 g/mol. The van der Waals surface area contributed by atoms with Gasteiger partial charge in [-0.3, -0.25) is 4.79 Å². The molecular weight excluding hydrogens is 385 g/mol. The number of amides is 1. The molecule has 0 N–H and O–H groups in total. The molecule has 7 nitrogen and oxygen atoms in total. The van der Waals surface area contributed by atoms with Crippen molar-refractivity contribution < 1.29 is 18.0 Å². The first-order valence-corrected chi connectivity index (χ1v) is 8.91. The fourth-order valence-corrected chi connectivity index (χ4v) is 3.37. The minimum atomic E-state index is -4.49. The Morgan fingerprint density at radius 1 is 1.21 bits per heavy atom. The van der Waals surface area contributed by atoms with Crippen LogP contribution in [0.4, 0.5) is 13.2 Å². The van der Waals surface area contributed by atoms with E-state index >= 15 is 0 Å². The van der Waals surface area contributed by atoms with E-state index in [4.69, 9.17) is 6.57 Å². The van der Waals surface area contributed by atoms with Crippen LogP contribution < -0.4 is 0 Å². The molecule has 0 atom stereocenters. The van der Waals surface area contributed by atoms with Gasteiger partial charge >= 0.3 is 6.18 Å². The molecule has 1 aromatic carbocycles. The largest absolute Gasteiger partial charge is 0.416 e. The molecule has 1 saturated heterocycles. The Kier molecular flexibility index (Phi) is 4.66. The fraction of sp³-hybridized carbons (Fsp3) is 0.316. The molecule has 0 saturated carbocycles. The van der Waals surface area contributed by atoms with Gasteiger partial charge in [0.05, 0.1) is 5.56 Å². The van der Waals surface area contributed by atoms with E-state index in [0.717, 1.165) is 12.1 Å². The number of alkyl halides is 3. The Balaban J connectivity index is 1.74. The second-order valence-corrected chi connectivity index (χ2v) is 6.77. The van der Waals surface area contributed by atoms with Crippen molar-refractivity contribution in [1.29, 1.82) is 0 Å². The van der Waals surface area contributed by atoms with Crippen LogP contribution in [0.5, 0.6) is 0 Å². The minimum absolute atomic E-state index is 0.0889. The van der Waals surface area contributed by atoms with Gasteiger partial charge < -0.3 is 9.74 Å².